The molecule has 1 saturated heterocycles. The van der Waals surface area contributed by atoms with E-state index in [9.17, 15) is 9.90 Å². The highest BCUT2D eigenvalue weighted by atomic mass is 35.5. The lowest BCUT2D eigenvalue weighted by Gasteiger charge is -2.33. The van der Waals surface area contributed by atoms with Gasteiger partial charge in [0.25, 0.3) is 0 Å². The number of nitrogens with one attached hydrogen (secondary N) is 1. The predicted molar refractivity (Wildman–Crippen MR) is 147 cm³/mol. The first-order chi connectivity index (χ1) is 18.2. The number of amides is 1. The molecule has 38 heavy (non-hydrogen) atoms. The van der Waals surface area contributed by atoms with Crippen LogP contribution in [0.4, 0.5) is 10.6 Å². The molecule has 0 spiro atoms. The van der Waals surface area contributed by atoms with E-state index in [1.165, 1.54) is 6.33 Å². The molecule has 2 N–H and O–H groups in total. The van der Waals surface area contributed by atoms with Crippen molar-refractivity contribution in [3.05, 3.63) is 53.3 Å². The molecule has 0 aliphatic carbocycles. The van der Waals surface area contributed by atoms with Crippen LogP contribution in [0.2, 0.25) is 5.02 Å². The Morgan fingerprint density at radius 3 is 2.61 bits per heavy atom. The number of aromatic nitrogens is 2. The molecule has 1 fully saturated rings. The highest BCUT2D eigenvalue weighted by Crippen LogP contribution is 2.37. The zero-order valence-corrected chi connectivity index (χ0v) is 23.0. The van der Waals surface area contributed by atoms with Gasteiger partial charge in [0, 0.05) is 49.0 Å². The molecule has 2 aromatic carbocycles. The summed E-state index contributed by atoms with van der Waals surface area (Å²) in [6, 6.07) is 11.0. The van der Waals surface area contributed by atoms with Crippen molar-refractivity contribution in [3.63, 3.8) is 0 Å². The van der Waals surface area contributed by atoms with E-state index < -0.39 is 5.60 Å². The third-order valence-corrected chi connectivity index (χ3v) is 6.52. The van der Waals surface area contributed by atoms with E-state index in [1.54, 1.807) is 12.0 Å². The Labute approximate surface area is 228 Å². The second-order valence-electron chi connectivity index (χ2n) is 10.3. The SMILES string of the molecule is COc1cc2ncnc(NC(CCO)c3cccc(Cl)c3)c2cc1OC1CCN(C(=O)OC(C)(C)C)CC1. The van der Waals surface area contributed by atoms with Gasteiger partial charge in [-0.05, 0) is 51.0 Å². The maximum atomic E-state index is 12.4. The zero-order valence-electron chi connectivity index (χ0n) is 22.2. The number of halogens is 1. The highest BCUT2D eigenvalue weighted by molar-refractivity contribution is 6.30. The first-order valence-corrected chi connectivity index (χ1v) is 13.1. The number of carbonyl (C=O) groups excluding carboxylic acids is 1. The van der Waals surface area contributed by atoms with E-state index in [0.29, 0.717) is 60.2 Å². The van der Waals surface area contributed by atoms with Gasteiger partial charge in [-0.25, -0.2) is 14.8 Å². The standard InChI is InChI=1S/C28H35ClN4O5/c1-28(2,3)38-27(35)33-11-8-20(9-12-33)37-25-15-21-23(16-24(25)36-4)30-17-31-26(21)32-22(10-13-34)18-6-5-7-19(29)14-18/h5-7,14-17,20,22,34H,8-13H2,1-4H3,(H,30,31,32). The van der Waals surface area contributed by atoms with Crippen LogP contribution in [0.15, 0.2) is 42.7 Å². The second-order valence-corrected chi connectivity index (χ2v) is 10.7. The number of aliphatic hydroxyl groups excluding tert-OH is 1. The van der Waals surface area contributed by atoms with E-state index >= 15 is 0 Å². The van der Waals surface area contributed by atoms with E-state index in [0.717, 1.165) is 10.9 Å². The van der Waals surface area contributed by atoms with Crippen LogP contribution in [-0.2, 0) is 4.74 Å². The first-order valence-electron chi connectivity index (χ1n) is 12.8. The molecule has 1 unspecified atom stereocenters. The summed E-state index contributed by atoms with van der Waals surface area (Å²) < 4.78 is 17.5. The van der Waals surface area contributed by atoms with Crippen LogP contribution >= 0.6 is 11.6 Å². The topological polar surface area (TPSA) is 106 Å². The summed E-state index contributed by atoms with van der Waals surface area (Å²) in [6.45, 7) is 6.68. The first kappa shape index (κ1) is 27.7. The van der Waals surface area contributed by atoms with Crippen LogP contribution in [-0.4, -0.2) is 64.6 Å². The van der Waals surface area contributed by atoms with Crippen LogP contribution in [0.5, 0.6) is 11.5 Å². The van der Waals surface area contributed by atoms with Gasteiger partial charge in [0.15, 0.2) is 11.5 Å². The Morgan fingerprint density at radius 2 is 1.95 bits per heavy atom. The third kappa shape index (κ3) is 6.96. The lowest BCUT2D eigenvalue weighted by Crippen LogP contribution is -2.44. The number of benzene rings is 2. The van der Waals surface area contributed by atoms with E-state index in [-0.39, 0.29) is 24.8 Å². The average molecular weight is 543 g/mol. The Hall–Kier alpha value is -3.30. The minimum Gasteiger partial charge on any atom is -0.493 e. The van der Waals surface area contributed by atoms with E-state index in [1.807, 2.05) is 57.2 Å². The van der Waals surface area contributed by atoms with Gasteiger partial charge < -0.3 is 29.5 Å². The lowest BCUT2D eigenvalue weighted by molar-refractivity contribution is 0.0124. The van der Waals surface area contributed by atoms with Gasteiger partial charge in [-0.3, -0.25) is 0 Å². The summed E-state index contributed by atoms with van der Waals surface area (Å²) in [6.07, 6.45) is 2.92. The molecular formula is C28H35ClN4O5. The van der Waals surface area contributed by atoms with Gasteiger partial charge in [-0.1, -0.05) is 23.7 Å². The van der Waals surface area contributed by atoms with Crippen LogP contribution in [0.3, 0.4) is 0 Å². The van der Waals surface area contributed by atoms with Crippen molar-refractivity contribution in [2.45, 2.75) is 57.8 Å². The number of ether oxygens (including phenoxy) is 3. The molecule has 10 heteroatoms. The van der Waals surface area contributed by atoms with Crippen LogP contribution in [0, 0.1) is 0 Å². The number of aliphatic hydroxyl groups is 1. The molecule has 0 radical (unpaired) electrons. The number of piperidine rings is 1. The number of methoxy groups -OCH3 is 1. The van der Waals surface area contributed by atoms with Crippen LogP contribution in [0.1, 0.15) is 51.6 Å². The molecule has 1 aromatic heterocycles. The van der Waals surface area contributed by atoms with Gasteiger partial charge >= 0.3 is 6.09 Å². The largest absolute Gasteiger partial charge is 0.493 e. The summed E-state index contributed by atoms with van der Waals surface area (Å²) in [5, 5.41) is 14.5. The average Bonchev–Trinajstić information content (AvgIpc) is 2.87. The number of hydrogen-bond donors (Lipinski definition) is 2. The van der Waals surface area contributed by atoms with Gasteiger partial charge in [0.2, 0.25) is 0 Å². The minimum atomic E-state index is -0.528. The number of hydrogen-bond acceptors (Lipinski definition) is 8. The van der Waals surface area contributed by atoms with Crippen molar-refractivity contribution in [2.24, 2.45) is 0 Å². The van der Waals surface area contributed by atoms with Crippen molar-refractivity contribution in [2.75, 3.05) is 32.1 Å². The summed E-state index contributed by atoms with van der Waals surface area (Å²) in [7, 11) is 1.59. The maximum Gasteiger partial charge on any atom is 0.410 e. The number of likely N-dealkylation sites (tertiary alicyclic amines) is 1. The monoisotopic (exact) mass is 542 g/mol. The summed E-state index contributed by atoms with van der Waals surface area (Å²) in [5.41, 5.74) is 1.11. The molecule has 204 valence electrons. The molecule has 0 bridgehead atoms. The molecule has 9 nitrogen and oxygen atoms in total. The fourth-order valence-corrected chi connectivity index (χ4v) is 4.63. The number of nitrogens with zero attached hydrogens (tertiary/aromatic N) is 3. The lowest BCUT2D eigenvalue weighted by atomic mass is 10.0. The van der Waals surface area contributed by atoms with Crippen molar-refractivity contribution >= 4 is 34.4 Å². The quantitative estimate of drug-likeness (QED) is 0.378. The van der Waals surface area contributed by atoms with Gasteiger partial charge in [0.1, 0.15) is 23.9 Å². The number of fused-ring (bicyclic) bond motifs is 1. The molecule has 3 aromatic rings. The summed E-state index contributed by atoms with van der Waals surface area (Å²) in [4.78, 5) is 23.0. The molecule has 4 rings (SSSR count). The molecule has 2 heterocycles. The van der Waals surface area contributed by atoms with E-state index in [4.69, 9.17) is 25.8 Å². The Morgan fingerprint density at radius 1 is 1.18 bits per heavy atom. The number of carbonyl (C=O) groups is 1. The van der Waals surface area contributed by atoms with Crippen molar-refractivity contribution in [3.8, 4) is 11.5 Å². The molecule has 1 aliphatic rings. The van der Waals surface area contributed by atoms with Gasteiger partial charge in [-0.2, -0.15) is 0 Å². The Bertz CT molecular complexity index is 1260. The normalized spacial score (nSPS) is 15.3. The Balaban J connectivity index is 1.54. The fourth-order valence-electron chi connectivity index (χ4n) is 4.43. The molecule has 1 amide bonds. The molecule has 0 saturated carbocycles. The summed E-state index contributed by atoms with van der Waals surface area (Å²) in [5.74, 6) is 1.76. The van der Waals surface area contributed by atoms with Gasteiger partial charge in [0.05, 0.1) is 18.7 Å². The molecule has 1 aliphatic heterocycles. The predicted octanol–water partition coefficient (Wildman–Crippen LogP) is 5.61. The molecule has 1 atom stereocenters. The van der Waals surface area contributed by atoms with Crippen molar-refractivity contribution in [1.29, 1.82) is 0 Å². The second kappa shape index (κ2) is 12.0. The molecular weight excluding hydrogens is 508 g/mol. The number of rotatable bonds is 8. The van der Waals surface area contributed by atoms with Crippen LogP contribution < -0.4 is 14.8 Å². The number of anilines is 1. The minimum absolute atomic E-state index is 0.00261. The van der Waals surface area contributed by atoms with Gasteiger partial charge in [-0.15, -0.1) is 0 Å². The van der Waals surface area contributed by atoms with Crippen molar-refractivity contribution < 1.29 is 24.1 Å². The smallest absolute Gasteiger partial charge is 0.410 e. The fraction of sp³-hybridized carbons (Fsp3) is 0.464. The van der Waals surface area contributed by atoms with Crippen molar-refractivity contribution in [1.82, 2.24) is 14.9 Å². The Kier molecular flexibility index (Phi) is 8.79. The van der Waals surface area contributed by atoms with E-state index in [2.05, 4.69) is 15.3 Å². The highest BCUT2D eigenvalue weighted by Gasteiger charge is 2.28. The third-order valence-electron chi connectivity index (χ3n) is 6.29. The maximum absolute atomic E-state index is 12.4. The van der Waals surface area contributed by atoms with Crippen LogP contribution in [0.25, 0.3) is 10.9 Å². The summed E-state index contributed by atoms with van der Waals surface area (Å²) >= 11 is 6.21. The zero-order chi connectivity index (χ0) is 27.3.